The summed E-state index contributed by atoms with van der Waals surface area (Å²) in [6, 6.07) is 10.7. The minimum atomic E-state index is 0.680. The number of aryl methyl sites for hydroxylation is 1. The van der Waals surface area contributed by atoms with Crippen molar-refractivity contribution in [2.24, 2.45) is 4.99 Å². The van der Waals surface area contributed by atoms with Gasteiger partial charge in [0.25, 0.3) is 0 Å². The van der Waals surface area contributed by atoms with Gasteiger partial charge >= 0.3 is 0 Å². The van der Waals surface area contributed by atoms with Gasteiger partial charge in [-0.3, -0.25) is 0 Å². The summed E-state index contributed by atoms with van der Waals surface area (Å²) in [4.78, 5) is 8.13. The van der Waals surface area contributed by atoms with Crippen LogP contribution in [0.3, 0.4) is 0 Å². The highest BCUT2D eigenvalue weighted by Gasteiger charge is 2.03. The smallest absolute Gasteiger partial charge is 0.191 e. The summed E-state index contributed by atoms with van der Waals surface area (Å²) in [5.74, 6) is 0.858. The van der Waals surface area contributed by atoms with Crippen LogP contribution in [0.2, 0.25) is 0 Å². The third kappa shape index (κ3) is 5.28. The molecule has 0 radical (unpaired) electrons. The lowest BCUT2D eigenvalue weighted by Crippen LogP contribution is -2.36. The molecular formula is C18H26N4S. The van der Waals surface area contributed by atoms with Gasteiger partial charge < -0.3 is 15.5 Å². The summed E-state index contributed by atoms with van der Waals surface area (Å²) in [6.45, 7) is 6.57. The van der Waals surface area contributed by atoms with Gasteiger partial charge in [-0.2, -0.15) is 0 Å². The molecule has 2 aromatic rings. The molecule has 0 unspecified atom stereocenters. The number of benzene rings is 1. The first kappa shape index (κ1) is 17.3. The monoisotopic (exact) mass is 330 g/mol. The van der Waals surface area contributed by atoms with Crippen LogP contribution in [0, 0.1) is 6.92 Å². The Balaban J connectivity index is 2.01. The molecule has 0 aliphatic carbocycles. The maximum Gasteiger partial charge on any atom is 0.191 e. The van der Waals surface area contributed by atoms with Gasteiger partial charge in [-0.25, -0.2) is 4.99 Å². The van der Waals surface area contributed by atoms with Crippen LogP contribution in [0.5, 0.6) is 0 Å². The van der Waals surface area contributed by atoms with Crippen LogP contribution in [0.4, 0.5) is 5.69 Å². The van der Waals surface area contributed by atoms with E-state index >= 15 is 0 Å². The van der Waals surface area contributed by atoms with Gasteiger partial charge in [-0.05, 0) is 48.6 Å². The van der Waals surface area contributed by atoms with Crippen molar-refractivity contribution in [3.05, 3.63) is 51.7 Å². The Morgan fingerprint density at radius 3 is 2.65 bits per heavy atom. The number of aliphatic imine (C=N–C) groups is 1. The molecule has 0 aliphatic heterocycles. The van der Waals surface area contributed by atoms with Crippen molar-refractivity contribution >= 4 is 23.0 Å². The molecule has 2 N–H and O–H groups in total. The summed E-state index contributed by atoms with van der Waals surface area (Å²) >= 11 is 1.75. The first-order valence-electron chi connectivity index (χ1n) is 7.91. The largest absolute Gasteiger partial charge is 0.378 e. The van der Waals surface area contributed by atoms with Crippen molar-refractivity contribution in [3.8, 4) is 0 Å². The van der Waals surface area contributed by atoms with Gasteiger partial charge in [-0.1, -0.05) is 12.1 Å². The Kier molecular flexibility index (Phi) is 6.47. The third-order valence-electron chi connectivity index (χ3n) is 3.60. The molecule has 4 nitrogen and oxygen atoms in total. The maximum absolute atomic E-state index is 4.70. The molecule has 0 fully saturated rings. The number of nitrogens with one attached hydrogen (secondary N) is 2. The normalized spacial score (nSPS) is 11.4. The highest BCUT2D eigenvalue weighted by atomic mass is 32.1. The van der Waals surface area contributed by atoms with E-state index in [2.05, 4.69) is 79.2 Å². The number of nitrogens with zero attached hydrogens (tertiary/aromatic N) is 2. The molecule has 0 bridgehead atoms. The summed E-state index contributed by atoms with van der Waals surface area (Å²) in [7, 11) is 4.12. The standard InChI is InChI=1S/C18H26N4S/c1-5-19-18(21-13-17-7-6-10-23-17)20-12-15-8-9-16(22(3)4)11-14(15)2/h6-11H,5,12-13H2,1-4H3,(H2,19,20,21). The average molecular weight is 331 g/mol. The summed E-state index contributed by atoms with van der Waals surface area (Å²) in [5.41, 5.74) is 3.75. The second-order valence-corrected chi connectivity index (χ2v) is 6.67. The van der Waals surface area contributed by atoms with Crippen LogP contribution in [-0.2, 0) is 13.1 Å². The molecule has 1 aromatic carbocycles. The average Bonchev–Trinajstić information content (AvgIpc) is 3.04. The van der Waals surface area contributed by atoms with Crippen LogP contribution in [0.1, 0.15) is 22.9 Å². The van der Waals surface area contributed by atoms with E-state index in [0.29, 0.717) is 6.54 Å². The van der Waals surface area contributed by atoms with E-state index in [4.69, 9.17) is 4.99 Å². The lowest BCUT2D eigenvalue weighted by molar-refractivity contribution is 0.822. The van der Waals surface area contributed by atoms with E-state index < -0.39 is 0 Å². The van der Waals surface area contributed by atoms with E-state index in [0.717, 1.165) is 19.0 Å². The van der Waals surface area contributed by atoms with Gasteiger partial charge in [0.15, 0.2) is 5.96 Å². The first-order chi connectivity index (χ1) is 11.1. The van der Waals surface area contributed by atoms with E-state index in [1.54, 1.807) is 11.3 Å². The lowest BCUT2D eigenvalue weighted by atomic mass is 10.1. The molecule has 0 amide bonds. The van der Waals surface area contributed by atoms with E-state index in [-0.39, 0.29) is 0 Å². The SMILES string of the molecule is CCNC(=NCc1ccc(N(C)C)cc1C)NCc1cccs1. The molecular weight excluding hydrogens is 304 g/mol. The van der Waals surface area contributed by atoms with Crippen molar-refractivity contribution in [1.82, 2.24) is 10.6 Å². The van der Waals surface area contributed by atoms with Crippen LogP contribution in [-0.4, -0.2) is 26.6 Å². The summed E-state index contributed by atoms with van der Waals surface area (Å²) in [6.07, 6.45) is 0. The Morgan fingerprint density at radius 2 is 2.04 bits per heavy atom. The summed E-state index contributed by atoms with van der Waals surface area (Å²) < 4.78 is 0. The summed E-state index contributed by atoms with van der Waals surface area (Å²) in [5, 5.41) is 8.78. The van der Waals surface area contributed by atoms with Gasteiger partial charge in [-0.15, -0.1) is 11.3 Å². The fraction of sp³-hybridized carbons (Fsp3) is 0.389. The van der Waals surface area contributed by atoms with Gasteiger partial charge in [0.2, 0.25) is 0 Å². The van der Waals surface area contributed by atoms with Crippen molar-refractivity contribution < 1.29 is 0 Å². The third-order valence-corrected chi connectivity index (χ3v) is 4.48. The minimum absolute atomic E-state index is 0.680. The highest BCUT2D eigenvalue weighted by Crippen LogP contribution is 2.18. The predicted octanol–water partition coefficient (Wildman–Crippen LogP) is 3.38. The Hall–Kier alpha value is -2.01. The molecule has 0 aliphatic rings. The van der Waals surface area contributed by atoms with Crippen LogP contribution >= 0.6 is 11.3 Å². The molecule has 0 atom stereocenters. The Labute approximate surface area is 143 Å². The molecule has 124 valence electrons. The van der Waals surface area contributed by atoms with E-state index in [1.165, 1.54) is 21.7 Å². The second-order valence-electron chi connectivity index (χ2n) is 5.63. The molecule has 1 heterocycles. The fourth-order valence-electron chi connectivity index (χ4n) is 2.23. The molecule has 0 saturated heterocycles. The fourth-order valence-corrected chi connectivity index (χ4v) is 2.87. The number of rotatable bonds is 6. The Bertz CT molecular complexity index is 632. The zero-order chi connectivity index (χ0) is 16.7. The van der Waals surface area contributed by atoms with Gasteiger partial charge in [0.05, 0.1) is 13.1 Å². The second kappa shape index (κ2) is 8.58. The number of hydrogen-bond donors (Lipinski definition) is 2. The van der Waals surface area contributed by atoms with Crippen LogP contribution in [0.25, 0.3) is 0 Å². The molecule has 1 aromatic heterocycles. The molecule has 5 heteroatoms. The Morgan fingerprint density at radius 1 is 1.22 bits per heavy atom. The number of hydrogen-bond acceptors (Lipinski definition) is 3. The van der Waals surface area contributed by atoms with Crippen molar-refractivity contribution in [2.45, 2.75) is 26.9 Å². The molecule has 0 saturated carbocycles. The van der Waals surface area contributed by atoms with Crippen LogP contribution in [0.15, 0.2) is 40.7 Å². The lowest BCUT2D eigenvalue weighted by Gasteiger charge is -2.15. The minimum Gasteiger partial charge on any atom is -0.378 e. The number of anilines is 1. The topological polar surface area (TPSA) is 39.7 Å². The van der Waals surface area contributed by atoms with Gasteiger partial charge in [0.1, 0.15) is 0 Å². The maximum atomic E-state index is 4.70. The van der Waals surface area contributed by atoms with Crippen molar-refractivity contribution in [3.63, 3.8) is 0 Å². The molecule has 23 heavy (non-hydrogen) atoms. The van der Waals surface area contributed by atoms with E-state index in [9.17, 15) is 0 Å². The number of guanidine groups is 1. The zero-order valence-electron chi connectivity index (χ0n) is 14.4. The zero-order valence-corrected chi connectivity index (χ0v) is 15.2. The van der Waals surface area contributed by atoms with Crippen molar-refractivity contribution in [2.75, 3.05) is 25.5 Å². The van der Waals surface area contributed by atoms with Crippen molar-refractivity contribution in [1.29, 1.82) is 0 Å². The molecule has 2 rings (SSSR count). The van der Waals surface area contributed by atoms with Gasteiger partial charge in [0, 0.05) is 31.2 Å². The number of thiophene rings is 1. The quantitative estimate of drug-likeness (QED) is 0.630. The first-order valence-corrected chi connectivity index (χ1v) is 8.79. The van der Waals surface area contributed by atoms with E-state index in [1.807, 2.05) is 0 Å². The molecule has 0 spiro atoms. The van der Waals surface area contributed by atoms with Crippen LogP contribution < -0.4 is 15.5 Å². The predicted molar refractivity (Wildman–Crippen MR) is 101 cm³/mol. The highest BCUT2D eigenvalue weighted by molar-refractivity contribution is 7.09.